The molecule has 40 heavy (non-hydrogen) atoms. The number of H-pyrrole nitrogens is 1. The van der Waals surface area contributed by atoms with Crippen molar-refractivity contribution in [2.45, 2.75) is 6.92 Å². The van der Waals surface area contributed by atoms with Crippen molar-refractivity contribution in [3.63, 3.8) is 0 Å². The normalized spacial score (nSPS) is 11.4. The molecule has 0 fully saturated rings. The molecule has 3 aromatic heterocycles. The van der Waals surface area contributed by atoms with Gasteiger partial charge in [0, 0.05) is 35.0 Å². The van der Waals surface area contributed by atoms with E-state index in [4.69, 9.17) is 21.6 Å². The second-order valence-corrected chi connectivity index (χ2v) is 10.4. The summed E-state index contributed by atoms with van der Waals surface area (Å²) in [5.41, 5.74) is 5.13. The summed E-state index contributed by atoms with van der Waals surface area (Å²) in [5.74, 6) is 1.13. The number of aromatic nitrogens is 5. The third kappa shape index (κ3) is 4.88. The fraction of sp³-hybridized carbons (Fsp3) is 0.0667. The van der Waals surface area contributed by atoms with Gasteiger partial charge in [-0.25, -0.2) is 14.7 Å². The van der Waals surface area contributed by atoms with E-state index in [1.807, 2.05) is 109 Å². The van der Waals surface area contributed by atoms with Crippen LogP contribution in [0.25, 0.3) is 27.5 Å². The second kappa shape index (κ2) is 10.8. The molecule has 0 aliphatic heterocycles. The minimum atomic E-state index is -0.126. The predicted molar refractivity (Wildman–Crippen MR) is 163 cm³/mol. The van der Waals surface area contributed by atoms with Crippen molar-refractivity contribution in [3.05, 3.63) is 117 Å². The van der Waals surface area contributed by atoms with Crippen molar-refractivity contribution in [1.82, 2.24) is 24.5 Å². The van der Waals surface area contributed by atoms with Gasteiger partial charge in [0.05, 0.1) is 22.5 Å². The minimum Gasteiger partial charge on any atom is -0.338 e. The number of aliphatic imine (C=N–C) groups is 1. The summed E-state index contributed by atoms with van der Waals surface area (Å²) >= 11 is 7.47. The van der Waals surface area contributed by atoms with Crippen LogP contribution < -0.4 is 10.9 Å². The number of hydrogen-bond donors (Lipinski definition) is 2. The highest BCUT2D eigenvalue weighted by Gasteiger charge is 2.23. The minimum absolute atomic E-state index is 0.126. The average molecular weight is 566 g/mol. The van der Waals surface area contributed by atoms with Gasteiger partial charge in [-0.05, 0) is 48.9 Å². The Morgan fingerprint density at radius 2 is 1.68 bits per heavy atom. The molecule has 6 aromatic rings. The van der Waals surface area contributed by atoms with E-state index < -0.39 is 0 Å². The SMILES string of the molecule is Cc1c(-c2csc(-c3c(Nc4ccccc4)n[nH]c3/N=C/c3ccc(Cl)cc3)n2)c(=O)n(-c2ccccc2)n1C. The lowest BCUT2D eigenvalue weighted by Crippen LogP contribution is -2.20. The van der Waals surface area contributed by atoms with Gasteiger partial charge in [-0.2, -0.15) is 5.10 Å². The highest BCUT2D eigenvalue weighted by molar-refractivity contribution is 7.13. The first-order valence-corrected chi connectivity index (χ1v) is 13.8. The Kier molecular flexibility index (Phi) is 6.90. The van der Waals surface area contributed by atoms with Crippen LogP contribution in [-0.4, -0.2) is 30.8 Å². The van der Waals surface area contributed by atoms with E-state index in [1.54, 1.807) is 10.9 Å². The van der Waals surface area contributed by atoms with Crippen LogP contribution in [0.4, 0.5) is 17.3 Å². The molecule has 10 heteroatoms. The first kappa shape index (κ1) is 25.5. The molecular weight excluding hydrogens is 542 g/mol. The zero-order valence-corrected chi connectivity index (χ0v) is 23.2. The Balaban J connectivity index is 1.43. The number of rotatable bonds is 7. The number of anilines is 2. The molecule has 0 amide bonds. The number of nitrogens with zero attached hydrogens (tertiary/aromatic N) is 5. The zero-order valence-electron chi connectivity index (χ0n) is 21.7. The number of hydrogen-bond acceptors (Lipinski definition) is 6. The van der Waals surface area contributed by atoms with Gasteiger partial charge in [-0.15, -0.1) is 11.3 Å². The third-order valence-electron chi connectivity index (χ3n) is 6.52. The molecule has 0 saturated carbocycles. The lowest BCUT2D eigenvalue weighted by molar-refractivity contribution is 0.630. The lowest BCUT2D eigenvalue weighted by atomic mass is 10.2. The molecular formula is C30H24ClN7OS. The standard InChI is InChI=1S/C30H24ClN7OS/c1-19-25(30(39)38(37(19)2)23-11-7-4-8-12-23)24-18-40-29(34-24)26-27(32-17-20-13-15-21(31)16-14-20)35-36-28(26)33-22-9-5-3-6-10-22/h3-18H,1-2H3,(H2,33,35,36)/b32-17+. The Morgan fingerprint density at radius 3 is 2.40 bits per heavy atom. The highest BCUT2D eigenvalue weighted by atomic mass is 35.5. The molecule has 6 rings (SSSR count). The van der Waals surface area contributed by atoms with E-state index in [1.165, 1.54) is 11.3 Å². The fourth-order valence-electron chi connectivity index (χ4n) is 4.43. The maximum Gasteiger partial charge on any atom is 0.281 e. The Bertz CT molecular complexity index is 1870. The first-order chi connectivity index (χ1) is 19.5. The first-order valence-electron chi connectivity index (χ1n) is 12.5. The van der Waals surface area contributed by atoms with Gasteiger partial charge < -0.3 is 5.32 Å². The van der Waals surface area contributed by atoms with Crippen LogP contribution in [0, 0.1) is 6.92 Å². The molecule has 0 bridgehead atoms. The van der Waals surface area contributed by atoms with Crippen LogP contribution in [-0.2, 0) is 7.05 Å². The third-order valence-corrected chi connectivity index (χ3v) is 7.64. The molecule has 198 valence electrons. The van der Waals surface area contributed by atoms with Gasteiger partial charge in [-0.3, -0.25) is 14.6 Å². The van der Waals surface area contributed by atoms with E-state index in [-0.39, 0.29) is 5.56 Å². The van der Waals surface area contributed by atoms with Crippen LogP contribution >= 0.6 is 22.9 Å². The van der Waals surface area contributed by atoms with Crippen LogP contribution in [0.15, 0.2) is 100 Å². The number of para-hydroxylation sites is 2. The molecule has 0 aliphatic carbocycles. The van der Waals surface area contributed by atoms with Crippen molar-refractivity contribution in [2.75, 3.05) is 5.32 Å². The summed E-state index contributed by atoms with van der Waals surface area (Å²) < 4.78 is 3.51. The molecule has 3 aromatic carbocycles. The van der Waals surface area contributed by atoms with Crippen molar-refractivity contribution in [1.29, 1.82) is 0 Å². The van der Waals surface area contributed by atoms with Gasteiger partial charge in [0.2, 0.25) is 0 Å². The number of benzene rings is 3. The molecule has 0 radical (unpaired) electrons. The van der Waals surface area contributed by atoms with E-state index in [9.17, 15) is 4.79 Å². The lowest BCUT2D eigenvalue weighted by Gasteiger charge is -2.07. The maximum atomic E-state index is 13.6. The molecule has 2 N–H and O–H groups in total. The van der Waals surface area contributed by atoms with Gasteiger partial charge >= 0.3 is 0 Å². The predicted octanol–water partition coefficient (Wildman–Crippen LogP) is 7.15. The number of nitrogens with one attached hydrogen (secondary N) is 2. The van der Waals surface area contributed by atoms with Crippen molar-refractivity contribution in [3.8, 4) is 27.5 Å². The Hall–Kier alpha value is -4.73. The van der Waals surface area contributed by atoms with E-state index >= 15 is 0 Å². The monoisotopic (exact) mass is 565 g/mol. The molecule has 0 atom stereocenters. The molecule has 0 aliphatic rings. The van der Waals surface area contributed by atoms with E-state index in [0.29, 0.717) is 38.5 Å². The average Bonchev–Trinajstić information content (AvgIpc) is 3.66. The number of halogens is 1. The molecule has 0 saturated heterocycles. The van der Waals surface area contributed by atoms with Crippen LogP contribution in [0.5, 0.6) is 0 Å². The van der Waals surface area contributed by atoms with Gasteiger partial charge in [-0.1, -0.05) is 60.1 Å². The molecule has 8 nitrogen and oxygen atoms in total. The summed E-state index contributed by atoms with van der Waals surface area (Å²) in [4.78, 5) is 23.2. The summed E-state index contributed by atoms with van der Waals surface area (Å²) in [6.45, 7) is 1.93. The van der Waals surface area contributed by atoms with Gasteiger partial charge in [0.25, 0.3) is 5.56 Å². The zero-order chi connectivity index (χ0) is 27.6. The smallest absolute Gasteiger partial charge is 0.281 e. The van der Waals surface area contributed by atoms with E-state index in [0.717, 1.165) is 22.6 Å². The van der Waals surface area contributed by atoms with Crippen LogP contribution in [0.3, 0.4) is 0 Å². The molecule has 3 heterocycles. The largest absolute Gasteiger partial charge is 0.338 e. The highest BCUT2D eigenvalue weighted by Crippen LogP contribution is 2.39. The Labute approximate surface area is 239 Å². The maximum absolute atomic E-state index is 13.6. The summed E-state index contributed by atoms with van der Waals surface area (Å²) in [5, 5.41) is 14.2. The Morgan fingerprint density at radius 1 is 0.975 bits per heavy atom. The van der Waals surface area contributed by atoms with Crippen LogP contribution in [0.1, 0.15) is 11.3 Å². The fourth-order valence-corrected chi connectivity index (χ4v) is 5.41. The second-order valence-electron chi connectivity index (χ2n) is 9.07. The van der Waals surface area contributed by atoms with Crippen molar-refractivity contribution in [2.24, 2.45) is 12.0 Å². The van der Waals surface area contributed by atoms with E-state index in [2.05, 4.69) is 15.5 Å². The van der Waals surface area contributed by atoms with Crippen molar-refractivity contribution < 1.29 is 0 Å². The molecule has 0 unspecified atom stereocenters. The topological polar surface area (TPSA) is 92.9 Å². The quantitative estimate of drug-likeness (QED) is 0.201. The van der Waals surface area contributed by atoms with Crippen molar-refractivity contribution >= 4 is 46.5 Å². The van der Waals surface area contributed by atoms with Crippen LogP contribution in [0.2, 0.25) is 5.02 Å². The number of thiazole rings is 1. The summed E-state index contributed by atoms with van der Waals surface area (Å²) in [6.07, 6.45) is 1.74. The number of aromatic amines is 1. The summed E-state index contributed by atoms with van der Waals surface area (Å²) in [7, 11) is 1.88. The van der Waals surface area contributed by atoms with Gasteiger partial charge in [0.1, 0.15) is 5.01 Å². The van der Waals surface area contributed by atoms with Gasteiger partial charge in [0.15, 0.2) is 11.6 Å². The summed E-state index contributed by atoms with van der Waals surface area (Å²) in [6, 6.07) is 26.8. The molecule has 0 spiro atoms.